The van der Waals surface area contributed by atoms with Gasteiger partial charge in [0.1, 0.15) is 11.6 Å². The number of hydrogen-bond acceptors (Lipinski definition) is 9. The van der Waals surface area contributed by atoms with Crippen molar-refractivity contribution in [1.82, 2.24) is 10.2 Å². The fourth-order valence-electron chi connectivity index (χ4n) is 7.67. The second-order valence-corrected chi connectivity index (χ2v) is 16.6. The van der Waals surface area contributed by atoms with Crippen molar-refractivity contribution in [3.8, 4) is 0 Å². The van der Waals surface area contributed by atoms with E-state index in [1.54, 1.807) is 23.1 Å². The van der Waals surface area contributed by atoms with Crippen LogP contribution in [0.3, 0.4) is 0 Å². The summed E-state index contributed by atoms with van der Waals surface area (Å²) in [6.07, 6.45) is 12.8. The molecule has 0 fully saturated rings. The van der Waals surface area contributed by atoms with Crippen molar-refractivity contribution in [2.45, 2.75) is 89.3 Å². The molecule has 1 aromatic heterocycles. The van der Waals surface area contributed by atoms with Gasteiger partial charge in [0.25, 0.3) is 0 Å². The van der Waals surface area contributed by atoms with Gasteiger partial charge >= 0.3 is 11.9 Å². The topological polar surface area (TPSA) is 84.6 Å². The van der Waals surface area contributed by atoms with Gasteiger partial charge in [-0.25, -0.2) is 9.59 Å². The van der Waals surface area contributed by atoms with E-state index >= 15 is 0 Å². The monoisotopic (exact) mass is 737 g/mol. The normalized spacial score (nSPS) is 19.0. The van der Waals surface area contributed by atoms with Gasteiger partial charge in [0.15, 0.2) is 10.1 Å². The van der Waals surface area contributed by atoms with Crippen LogP contribution in [0.4, 0.5) is 11.4 Å². The third-order valence-corrected chi connectivity index (χ3v) is 12.8. The molecular formula is C42H49N4O4S2+. The molecular weight excluding hydrogens is 689 g/mol. The molecule has 3 aliphatic rings. The highest BCUT2D eigenvalue weighted by Crippen LogP contribution is 2.49. The van der Waals surface area contributed by atoms with Gasteiger partial charge in [-0.05, 0) is 93.2 Å². The summed E-state index contributed by atoms with van der Waals surface area (Å²) in [5.41, 5.74) is 9.99. The standard InChI is InChI=1S/C42H49N4O4S2/c1-10-23-46-33-20-16-29(39(48)50-9)25-31(33)42(6,7)35(46)22-18-27-14-13-26(37(27)52-40-44-43-36(11-2)51-40)17-21-34-41(4,5)30-24-28(38(47)49-8)15-19-32(30)45(34)12-3/h15-22,24-25H,10-14,23H2,1-9H3/q+1. The van der Waals surface area contributed by atoms with E-state index in [9.17, 15) is 9.59 Å². The zero-order chi connectivity index (χ0) is 37.4. The molecule has 272 valence electrons. The number of aryl methyl sites for hydroxylation is 1. The van der Waals surface area contributed by atoms with Gasteiger partial charge < -0.3 is 14.4 Å². The van der Waals surface area contributed by atoms with Gasteiger partial charge in [0.2, 0.25) is 5.69 Å². The summed E-state index contributed by atoms with van der Waals surface area (Å²) in [4.78, 5) is 28.5. The Labute approximate surface area is 316 Å². The van der Waals surface area contributed by atoms with Crippen molar-refractivity contribution in [2.75, 3.05) is 32.2 Å². The molecule has 2 aliphatic heterocycles. The van der Waals surface area contributed by atoms with Crippen molar-refractivity contribution in [3.63, 3.8) is 0 Å². The van der Waals surface area contributed by atoms with Crippen molar-refractivity contribution in [2.24, 2.45) is 0 Å². The number of ether oxygens (including phenoxy) is 2. The number of carbonyl (C=O) groups is 2. The van der Waals surface area contributed by atoms with Crippen molar-refractivity contribution in [3.05, 3.63) is 110 Å². The van der Waals surface area contributed by atoms with Gasteiger partial charge in [-0.2, -0.15) is 4.58 Å². The van der Waals surface area contributed by atoms with Gasteiger partial charge in [-0.15, -0.1) is 10.2 Å². The van der Waals surface area contributed by atoms with Crippen LogP contribution in [0.2, 0.25) is 0 Å². The third kappa shape index (κ3) is 6.71. The molecule has 6 rings (SSSR count). The maximum absolute atomic E-state index is 12.5. The predicted octanol–water partition coefficient (Wildman–Crippen LogP) is 9.48. The van der Waals surface area contributed by atoms with E-state index in [0.717, 1.165) is 70.6 Å². The second kappa shape index (κ2) is 15.0. The van der Waals surface area contributed by atoms with Gasteiger partial charge in [-0.3, -0.25) is 0 Å². The minimum atomic E-state index is -0.325. The van der Waals surface area contributed by atoms with Crippen LogP contribution >= 0.6 is 23.1 Å². The number of rotatable bonds is 11. The van der Waals surface area contributed by atoms with E-state index in [1.165, 1.54) is 41.7 Å². The quantitative estimate of drug-likeness (QED) is 0.142. The SMILES string of the molecule is CCC[N+]1=C(/C=C/C2=C(Sc3nnc(CC)s3)C(=C/C=C3/N(CC)c4ccc(C(=O)OC)cc4C3(C)C)/CC2)C(C)(C)c2cc(C(=O)OC)ccc21. The fraction of sp³-hybridized carbons (Fsp3) is 0.405. The summed E-state index contributed by atoms with van der Waals surface area (Å²) in [5, 5.41) is 10.0. The number of methoxy groups -OCH3 is 2. The van der Waals surface area contributed by atoms with E-state index < -0.39 is 0 Å². The van der Waals surface area contributed by atoms with E-state index in [2.05, 4.69) is 98.5 Å². The molecule has 10 heteroatoms. The number of hydrogen-bond donors (Lipinski definition) is 0. The molecule has 1 aliphatic carbocycles. The number of nitrogens with zero attached hydrogens (tertiary/aromatic N) is 4. The number of aromatic nitrogens is 2. The first kappa shape index (κ1) is 37.5. The Balaban J connectivity index is 1.41. The number of benzene rings is 2. The summed E-state index contributed by atoms with van der Waals surface area (Å²) >= 11 is 3.37. The first-order valence-corrected chi connectivity index (χ1v) is 19.7. The molecule has 0 spiro atoms. The number of fused-ring (bicyclic) bond motifs is 2. The van der Waals surface area contributed by atoms with Crippen LogP contribution in [-0.4, -0.2) is 59.7 Å². The Morgan fingerprint density at radius 1 is 0.904 bits per heavy atom. The van der Waals surface area contributed by atoms with E-state index in [1.807, 2.05) is 30.3 Å². The lowest BCUT2D eigenvalue weighted by molar-refractivity contribution is -0.437. The molecule has 3 aromatic rings. The molecule has 0 unspecified atom stereocenters. The molecule has 0 saturated heterocycles. The van der Waals surface area contributed by atoms with Crippen molar-refractivity contribution < 1.29 is 23.6 Å². The highest BCUT2D eigenvalue weighted by atomic mass is 32.2. The summed E-state index contributed by atoms with van der Waals surface area (Å²) in [7, 11) is 2.85. The first-order valence-electron chi connectivity index (χ1n) is 18.1. The zero-order valence-electron chi connectivity index (χ0n) is 31.8. The molecule has 0 atom stereocenters. The molecule has 2 aromatic carbocycles. The highest BCUT2D eigenvalue weighted by Gasteiger charge is 2.45. The smallest absolute Gasteiger partial charge is 0.337 e. The first-order chi connectivity index (χ1) is 24.9. The number of likely N-dealkylation sites (N-methyl/N-ethyl adjacent to an activating group) is 1. The second-order valence-electron chi connectivity index (χ2n) is 14.3. The van der Waals surface area contributed by atoms with Gasteiger partial charge in [0, 0.05) is 52.4 Å². The summed E-state index contributed by atoms with van der Waals surface area (Å²) in [6.45, 7) is 17.1. The maximum atomic E-state index is 12.5. The van der Waals surface area contributed by atoms with E-state index in [0.29, 0.717) is 11.1 Å². The van der Waals surface area contributed by atoms with Crippen LogP contribution in [0.15, 0.2) is 86.8 Å². The van der Waals surface area contributed by atoms with Crippen molar-refractivity contribution in [1.29, 1.82) is 0 Å². The highest BCUT2D eigenvalue weighted by molar-refractivity contribution is 8.04. The fourth-order valence-corrected chi connectivity index (χ4v) is 9.74. The Morgan fingerprint density at radius 3 is 2.23 bits per heavy atom. The van der Waals surface area contributed by atoms with Crippen LogP contribution < -0.4 is 4.90 Å². The molecule has 0 N–H and O–H groups in total. The average Bonchev–Trinajstić information content (AvgIpc) is 3.87. The Bertz CT molecular complexity index is 2080. The Kier molecular flexibility index (Phi) is 10.8. The largest absolute Gasteiger partial charge is 0.465 e. The molecule has 52 heavy (non-hydrogen) atoms. The Morgan fingerprint density at radius 2 is 1.60 bits per heavy atom. The molecule has 0 radical (unpaired) electrons. The van der Waals surface area contributed by atoms with Gasteiger partial charge in [-0.1, -0.05) is 62.9 Å². The Hall–Kier alpha value is -4.28. The average molecular weight is 738 g/mol. The van der Waals surface area contributed by atoms with Crippen LogP contribution in [-0.2, 0) is 26.7 Å². The minimum Gasteiger partial charge on any atom is -0.465 e. The van der Waals surface area contributed by atoms with E-state index in [4.69, 9.17) is 9.47 Å². The van der Waals surface area contributed by atoms with Crippen LogP contribution in [0.1, 0.15) is 105 Å². The summed E-state index contributed by atoms with van der Waals surface area (Å²) in [6, 6.07) is 11.8. The number of esters is 2. The molecule has 8 nitrogen and oxygen atoms in total. The lowest BCUT2D eigenvalue weighted by Crippen LogP contribution is -2.28. The molecule has 3 heterocycles. The lowest BCUT2D eigenvalue weighted by atomic mass is 9.80. The van der Waals surface area contributed by atoms with Crippen molar-refractivity contribution >= 4 is 52.1 Å². The van der Waals surface area contributed by atoms with Gasteiger partial charge in [0.05, 0.1) is 30.8 Å². The molecule has 0 saturated carbocycles. The zero-order valence-corrected chi connectivity index (χ0v) is 33.4. The van der Waals surface area contributed by atoms with Crippen LogP contribution in [0.25, 0.3) is 0 Å². The summed E-state index contributed by atoms with van der Waals surface area (Å²) in [5.74, 6) is -0.647. The van der Waals surface area contributed by atoms with Crippen LogP contribution in [0, 0.1) is 0 Å². The number of allylic oxidation sites excluding steroid dienone is 7. The number of anilines is 1. The number of thioether (sulfide) groups is 1. The predicted molar refractivity (Wildman–Crippen MR) is 211 cm³/mol. The molecule has 0 amide bonds. The molecule has 0 bridgehead atoms. The van der Waals surface area contributed by atoms with E-state index in [-0.39, 0.29) is 22.8 Å². The number of carbonyl (C=O) groups excluding carboxylic acids is 2. The summed E-state index contributed by atoms with van der Waals surface area (Å²) < 4.78 is 13.4. The van der Waals surface area contributed by atoms with Crippen LogP contribution in [0.5, 0.6) is 0 Å². The lowest BCUT2D eigenvalue weighted by Gasteiger charge is -2.26. The third-order valence-electron chi connectivity index (χ3n) is 10.5. The minimum absolute atomic E-state index is 0.309. The maximum Gasteiger partial charge on any atom is 0.337 e.